The van der Waals surface area contributed by atoms with Crippen LogP contribution < -0.4 is 0 Å². The van der Waals surface area contributed by atoms with Gasteiger partial charge in [-0.15, -0.1) is 0 Å². The maximum atomic E-state index is 10.8. The fourth-order valence-electron chi connectivity index (χ4n) is 0.557. The standard InChI is InChI=1S/C5H8N3O/c1-2-4(9)5-6-3-7-8-5/h3-4H,2H2,1H3,(H,6,7,8). The second-order valence-electron chi connectivity index (χ2n) is 1.75. The lowest BCUT2D eigenvalue weighted by atomic mass is 10.3. The molecule has 1 aromatic heterocycles. The van der Waals surface area contributed by atoms with Crippen molar-refractivity contribution < 1.29 is 5.11 Å². The van der Waals surface area contributed by atoms with E-state index in [2.05, 4.69) is 15.2 Å². The van der Waals surface area contributed by atoms with Crippen molar-refractivity contribution in [2.45, 2.75) is 19.4 Å². The first-order valence-electron chi connectivity index (χ1n) is 2.86. The molecule has 4 heteroatoms. The number of hydrogen-bond donors (Lipinski definition) is 1. The molecule has 1 atom stereocenters. The summed E-state index contributed by atoms with van der Waals surface area (Å²) >= 11 is 0. The van der Waals surface area contributed by atoms with Gasteiger partial charge in [0.1, 0.15) is 6.33 Å². The van der Waals surface area contributed by atoms with Crippen LogP contribution in [0.5, 0.6) is 0 Å². The molecule has 1 N–H and O–H groups in total. The molecule has 1 aromatic rings. The van der Waals surface area contributed by atoms with E-state index >= 15 is 0 Å². The molecule has 0 saturated carbocycles. The van der Waals surface area contributed by atoms with Gasteiger partial charge in [0.15, 0.2) is 11.9 Å². The van der Waals surface area contributed by atoms with Gasteiger partial charge >= 0.3 is 0 Å². The number of aromatic amines is 1. The van der Waals surface area contributed by atoms with E-state index in [1.165, 1.54) is 6.33 Å². The molecule has 1 unspecified atom stereocenters. The fraction of sp³-hybridized carbons (Fsp3) is 0.600. The molecule has 9 heavy (non-hydrogen) atoms. The minimum absolute atomic E-state index is 0.359. The van der Waals surface area contributed by atoms with E-state index in [-0.39, 0.29) is 0 Å². The predicted molar refractivity (Wildman–Crippen MR) is 30.1 cm³/mol. The number of rotatable bonds is 2. The summed E-state index contributed by atoms with van der Waals surface area (Å²) in [5, 5.41) is 16.9. The van der Waals surface area contributed by atoms with Crippen LogP contribution in [0.2, 0.25) is 0 Å². The largest absolute Gasteiger partial charge is 0.266 e. The monoisotopic (exact) mass is 126 g/mol. The Kier molecular flexibility index (Phi) is 1.79. The maximum Gasteiger partial charge on any atom is 0.182 e. The number of hydrogen-bond acceptors (Lipinski definition) is 2. The van der Waals surface area contributed by atoms with Gasteiger partial charge in [0.05, 0.1) is 0 Å². The molecule has 1 heterocycles. The molecule has 49 valence electrons. The molecule has 0 aliphatic heterocycles. The van der Waals surface area contributed by atoms with Crippen molar-refractivity contribution in [1.29, 1.82) is 0 Å². The van der Waals surface area contributed by atoms with Gasteiger partial charge in [-0.1, -0.05) is 6.92 Å². The summed E-state index contributed by atoms with van der Waals surface area (Å²) in [6.45, 7) is 1.81. The Morgan fingerprint density at radius 2 is 2.67 bits per heavy atom. The van der Waals surface area contributed by atoms with Gasteiger partial charge in [-0.2, -0.15) is 5.10 Å². The van der Waals surface area contributed by atoms with Crippen molar-refractivity contribution in [2.24, 2.45) is 0 Å². The Hall–Kier alpha value is -0.900. The molecule has 1 radical (unpaired) electrons. The van der Waals surface area contributed by atoms with Crippen molar-refractivity contribution in [3.63, 3.8) is 0 Å². The van der Waals surface area contributed by atoms with Crippen LogP contribution in [0.25, 0.3) is 0 Å². The van der Waals surface area contributed by atoms with Crippen LogP contribution in [0.1, 0.15) is 25.3 Å². The van der Waals surface area contributed by atoms with Crippen molar-refractivity contribution >= 4 is 0 Å². The Bertz CT molecular complexity index is 161. The lowest BCUT2D eigenvalue weighted by molar-refractivity contribution is 0.0782. The SMILES string of the molecule is CCC([O])c1nc[nH]n1. The molecule has 0 spiro atoms. The molecule has 1 rings (SSSR count). The number of aromatic nitrogens is 3. The summed E-state index contributed by atoms with van der Waals surface area (Å²) in [7, 11) is 0. The smallest absolute Gasteiger partial charge is 0.182 e. The van der Waals surface area contributed by atoms with Gasteiger partial charge in [-0.25, -0.2) is 10.1 Å². The minimum atomic E-state index is -0.767. The van der Waals surface area contributed by atoms with Crippen LogP contribution in [0.3, 0.4) is 0 Å². The quantitative estimate of drug-likeness (QED) is 0.633. The highest BCUT2D eigenvalue weighted by atomic mass is 16.3. The van der Waals surface area contributed by atoms with Crippen LogP contribution >= 0.6 is 0 Å². The molecule has 0 saturated heterocycles. The summed E-state index contributed by atoms with van der Waals surface area (Å²) in [5.74, 6) is 0.359. The van der Waals surface area contributed by atoms with E-state index in [1.54, 1.807) is 0 Å². The molecule has 0 aliphatic rings. The van der Waals surface area contributed by atoms with Crippen molar-refractivity contribution in [3.05, 3.63) is 12.2 Å². The zero-order valence-corrected chi connectivity index (χ0v) is 5.16. The maximum absolute atomic E-state index is 10.8. The Morgan fingerprint density at radius 1 is 1.89 bits per heavy atom. The molecule has 0 amide bonds. The average molecular weight is 126 g/mol. The number of nitrogens with zero attached hydrogens (tertiary/aromatic N) is 2. The van der Waals surface area contributed by atoms with E-state index in [9.17, 15) is 5.11 Å². The highest BCUT2D eigenvalue weighted by molar-refractivity contribution is 4.84. The number of nitrogens with one attached hydrogen (secondary N) is 1. The second-order valence-corrected chi connectivity index (χ2v) is 1.75. The Labute approximate surface area is 52.9 Å². The van der Waals surface area contributed by atoms with Gasteiger partial charge in [-0.05, 0) is 6.42 Å². The van der Waals surface area contributed by atoms with E-state index in [4.69, 9.17) is 0 Å². The first-order valence-corrected chi connectivity index (χ1v) is 2.86. The van der Waals surface area contributed by atoms with Crippen LogP contribution in [0, 0.1) is 0 Å². The predicted octanol–water partition coefficient (Wildman–Crippen LogP) is 0.686. The highest BCUT2D eigenvalue weighted by Gasteiger charge is 2.08. The van der Waals surface area contributed by atoms with E-state index in [1.807, 2.05) is 6.92 Å². The summed E-state index contributed by atoms with van der Waals surface area (Å²) in [5.41, 5.74) is 0. The zero-order valence-electron chi connectivity index (χ0n) is 5.16. The van der Waals surface area contributed by atoms with Gasteiger partial charge < -0.3 is 0 Å². The lowest BCUT2D eigenvalue weighted by Crippen LogP contribution is -1.95. The topological polar surface area (TPSA) is 61.5 Å². The second kappa shape index (κ2) is 2.59. The first kappa shape index (κ1) is 6.22. The van der Waals surface area contributed by atoms with Gasteiger partial charge in [0.2, 0.25) is 0 Å². The third-order valence-electron chi connectivity index (χ3n) is 1.09. The molecule has 4 nitrogen and oxygen atoms in total. The van der Waals surface area contributed by atoms with Gasteiger partial charge in [0.25, 0.3) is 0 Å². The zero-order chi connectivity index (χ0) is 6.69. The summed E-state index contributed by atoms with van der Waals surface area (Å²) in [6.07, 6.45) is 1.18. The lowest BCUT2D eigenvalue weighted by Gasteiger charge is -1.95. The fourth-order valence-corrected chi connectivity index (χ4v) is 0.557. The molecule has 0 bridgehead atoms. The summed E-state index contributed by atoms with van der Waals surface area (Å²) < 4.78 is 0. The molecule has 0 fully saturated rings. The van der Waals surface area contributed by atoms with E-state index in [0.717, 1.165) is 0 Å². The molecule has 0 aliphatic carbocycles. The van der Waals surface area contributed by atoms with Crippen LogP contribution in [0.15, 0.2) is 6.33 Å². The molecular formula is C5H8N3O. The van der Waals surface area contributed by atoms with Crippen LogP contribution in [0.4, 0.5) is 0 Å². The first-order chi connectivity index (χ1) is 4.34. The van der Waals surface area contributed by atoms with Crippen molar-refractivity contribution in [3.8, 4) is 0 Å². The average Bonchev–Trinajstić information content (AvgIpc) is 2.37. The number of H-pyrrole nitrogens is 1. The molecular weight excluding hydrogens is 118 g/mol. The van der Waals surface area contributed by atoms with Gasteiger partial charge in [-0.3, -0.25) is 5.10 Å². The molecule has 0 aromatic carbocycles. The normalized spacial score (nSPS) is 13.6. The third-order valence-corrected chi connectivity index (χ3v) is 1.09. The van der Waals surface area contributed by atoms with Crippen molar-refractivity contribution in [2.75, 3.05) is 0 Å². The van der Waals surface area contributed by atoms with Crippen LogP contribution in [-0.2, 0) is 5.11 Å². The van der Waals surface area contributed by atoms with Gasteiger partial charge in [0, 0.05) is 0 Å². The minimum Gasteiger partial charge on any atom is -0.266 e. The third kappa shape index (κ3) is 1.26. The van der Waals surface area contributed by atoms with E-state index < -0.39 is 6.10 Å². The van der Waals surface area contributed by atoms with Crippen molar-refractivity contribution in [1.82, 2.24) is 15.2 Å². The Morgan fingerprint density at radius 3 is 3.11 bits per heavy atom. The Balaban J connectivity index is 2.65. The highest BCUT2D eigenvalue weighted by Crippen LogP contribution is 2.09. The van der Waals surface area contributed by atoms with Crippen LogP contribution in [-0.4, -0.2) is 15.2 Å². The summed E-state index contributed by atoms with van der Waals surface area (Å²) in [6, 6.07) is 0. The summed E-state index contributed by atoms with van der Waals surface area (Å²) in [4.78, 5) is 3.71. The van der Waals surface area contributed by atoms with E-state index in [0.29, 0.717) is 12.2 Å².